The van der Waals surface area contributed by atoms with Gasteiger partial charge >= 0.3 is 0 Å². The minimum absolute atomic E-state index is 0.0201. The Morgan fingerprint density at radius 2 is 2.06 bits per heavy atom. The molecule has 2 rings (SSSR count). The summed E-state index contributed by atoms with van der Waals surface area (Å²) in [6.45, 7) is 0. The Hall–Kier alpha value is -1.67. The van der Waals surface area contributed by atoms with E-state index in [0.717, 1.165) is 25.7 Å². The third-order valence-corrected chi connectivity index (χ3v) is 2.95. The Kier molecular flexibility index (Phi) is 3.89. The second kappa shape index (κ2) is 5.60. The molecular weight excluding hydrogens is 221 g/mol. The van der Waals surface area contributed by atoms with Crippen LogP contribution in [0.5, 0.6) is 5.75 Å². The summed E-state index contributed by atoms with van der Waals surface area (Å²) in [5.74, 6) is 0.386. The highest BCUT2D eigenvalue weighted by Crippen LogP contribution is 2.25. The minimum atomic E-state index is -0.274. The predicted octanol–water partition coefficient (Wildman–Crippen LogP) is 2.85. The lowest BCUT2D eigenvalue weighted by Gasteiger charge is -2.26. The third-order valence-electron chi connectivity index (χ3n) is 2.95. The number of aliphatic imine (C=N–C) groups is 1. The van der Waals surface area contributed by atoms with E-state index in [2.05, 4.69) is 4.99 Å². The number of isocyanates is 1. The van der Waals surface area contributed by atoms with Crippen molar-refractivity contribution in [3.63, 3.8) is 0 Å². The summed E-state index contributed by atoms with van der Waals surface area (Å²) in [4.78, 5) is 13.9. The maximum atomic E-state index is 12.7. The van der Waals surface area contributed by atoms with Crippen molar-refractivity contribution in [1.82, 2.24) is 0 Å². The van der Waals surface area contributed by atoms with Crippen molar-refractivity contribution in [1.29, 1.82) is 0 Å². The maximum absolute atomic E-state index is 12.7. The predicted molar refractivity (Wildman–Crippen MR) is 61.2 cm³/mol. The average molecular weight is 235 g/mol. The van der Waals surface area contributed by atoms with Gasteiger partial charge in [0.1, 0.15) is 17.7 Å². The Labute approximate surface area is 99.3 Å². The zero-order valence-electron chi connectivity index (χ0n) is 9.43. The number of halogens is 1. The van der Waals surface area contributed by atoms with Gasteiger partial charge in [-0.1, -0.05) is 0 Å². The van der Waals surface area contributed by atoms with Gasteiger partial charge in [-0.25, -0.2) is 14.2 Å². The molecule has 0 aromatic heterocycles. The van der Waals surface area contributed by atoms with Gasteiger partial charge in [0, 0.05) is 6.42 Å². The fraction of sp³-hybridized carbons (Fsp3) is 0.462. The van der Waals surface area contributed by atoms with E-state index < -0.39 is 0 Å². The molecule has 2 unspecified atom stereocenters. The lowest BCUT2D eigenvalue weighted by Crippen LogP contribution is -2.27. The molecule has 0 amide bonds. The number of rotatable bonds is 3. The molecule has 0 radical (unpaired) electrons. The van der Waals surface area contributed by atoms with Crippen LogP contribution >= 0.6 is 0 Å². The quantitative estimate of drug-likeness (QED) is 0.597. The summed E-state index contributed by atoms with van der Waals surface area (Å²) >= 11 is 0. The van der Waals surface area contributed by atoms with Gasteiger partial charge in [-0.15, -0.1) is 0 Å². The largest absolute Gasteiger partial charge is 0.490 e. The van der Waals surface area contributed by atoms with E-state index in [1.165, 1.54) is 12.1 Å². The van der Waals surface area contributed by atoms with Crippen LogP contribution in [0.2, 0.25) is 0 Å². The Morgan fingerprint density at radius 3 is 2.76 bits per heavy atom. The number of ether oxygens (including phenoxy) is 1. The molecule has 0 aliphatic heterocycles. The van der Waals surface area contributed by atoms with Crippen LogP contribution < -0.4 is 4.74 Å². The van der Waals surface area contributed by atoms with Crippen molar-refractivity contribution in [2.24, 2.45) is 4.99 Å². The number of carbonyl (C=O) groups excluding carboxylic acids is 1. The van der Waals surface area contributed by atoms with Crippen LogP contribution in [-0.2, 0) is 4.79 Å². The zero-order valence-corrected chi connectivity index (χ0v) is 9.43. The molecule has 17 heavy (non-hydrogen) atoms. The number of benzene rings is 1. The molecule has 3 nitrogen and oxygen atoms in total. The summed E-state index contributed by atoms with van der Waals surface area (Å²) in [6.07, 6.45) is 5.23. The molecule has 0 saturated heterocycles. The first-order chi connectivity index (χ1) is 8.28. The third kappa shape index (κ3) is 3.40. The molecule has 1 aromatic rings. The summed E-state index contributed by atoms with van der Waals surface area (Å²) in [5, 5.41) is 0. The second-order valence-corrected chi connectivity index (χ2v) is 4.23. The molecule has 0 N–H and O–H groups in total. The highest BCUT2D eigenvalue weighted by molar-refractivity contribution is 5.33. The standard InChI is InChI=1S/C13H14FNO2/c14-10-4-6-12(7-5-10)17-13-3-1-2-11(8-13)15-9-16/h4-7,11,13H,1-3,8H2. The molecule has 2 atom stereocenters. The van der Waals surface area contributed by atoms with Crippen LogP contribution in [0.4, 0.5) is 4.39 Å². The van der Waals surface area contributed by atoms with Gasteiger partial charge in [0.2, 0.25) is 6.08 Å². The molecule has 0 spiro atoms. The van der Waals surface area contributed by atoms with E-state index in [4.69, 9.17) is 4.74 Å². The molecular formula is C13H14FNO2. The fourth-order valence-electron chi connectivity index (χ4n) is 2.12. The van der Waals surface area contributed by atoms with E-state index in [9.17, 15) is 9.18 Å². The van der Waals surface area contributed by atoms with E-state index >= 15 is 0 Å². The van der Waals surface area contributed by atoms with E-state index in [-0.39, 0.29) is 18.0 Å². The highest BCUT2D eigenvalue weighted by atomic mass is 19.1. The minimum Gasteiger partial charge on any atom is -0.490 e. The van der Waals surface area contributed by atoms with Crippen LogP contribution in [0, 0.1) is 5.82 Å². The van der Waals surface area contributed by atoms with Crippen molar-refractivity contribution in [3.8, 4) is 5.75 Å². The first-order valence-electron chi connectivity index (χ1n) is 5.77. The molecule has 1 saturated carbocycles. The summed E-state index contributed by atoms with van der Waals surface area (Å²) in [6, 6.07) is 5.99. The zero-order chi connectivity index (χ0) is 12.1. The van der Waals surface area contributed by atoms with Gasteiger partial charge in [-0.05, 0) is 43.5 Å². The molecule has 1 aromatic carbocycles. The smallest absolute Gasteiger partial charge is 0.235 e. The van der Waals surface area contributed by atoms with Gasteiger partial charge in [0.15, 0.2) is 0 Å². The lowest BCUT2D eigenvalue weighted by molar-refractivity contribution is 0.145. The second-order valence-electron chi connectivity index (χ2n) is 4.23. The molecule has 90 valence electrons. The number of hydrogen-bond donors (Lipinski definition) is 0. The van der Waals surface area contributed by atoms with E-state index in [1.54, 1.807) is 18.2 Å². The Balaban J connectivity index is 1.94. The van der Waals surface area contributed by atoms with Crippen molar-refractivity contribution < 1.29 is 13.9 Å². The highest BCUT2D eigenvalue weighted by Gasteiger charge is 2.22. The number of hydrogen-bond acceptors (Lipinski definition) is 3. The van der Waals surface area contributed by atoms with Crippen LogP contribution in [0.1, 0.15) is 25.7 Å². The van der Waals surface area contributed by atoms with Gasteiger partial charge in [0.05, 0.1) is 6.04 Å². The van der Waals surface area contributed by atoms with Crippen molar-refractivity contribution >= 4 is 6.08 Å². The van der Waals surface area contributed by atoms with Crippen molar-refractivity contribution in [2.45, 2.75) is 37.8 Å². The SMILES string of the molecule is O=C=NC1CCCC(Oc2ccc(F)cc2)C1. The van der Waals surface area contributed by atoms with E-state index in [1.807, 2.05) is 0 Å². The van der Waals surface area contributed by atoms with Crippen LogP contribution in [0.25, 0.3) is 0 Å². The first-order valence-corrected chi connectivity index (χ1v) is 5.77. The fourth-order valence-corrected chi connectivity index (χ4v) is 2.12. The Morgan fingerprint density at radius 1 is 1.29 bits per heavy atom. The monoisotopic (exact) mass is 235 g/mol. The molecule has 0 heterocycles. The van der Waals surface area contributed by atoms with Gasteiger partial charge in [0.25, 0.3) is 0 Å². The van der Waals surface area contributed by atoms with Crippen molar-refractivity contribution in [3.05, 3.63) is 30.1 Å². The van der Waals surface area contributed by atoms with Crippen molar-refractivity contribution in [2.75, 3.05) is 0 Å². The van der Waals surface area contributed by atoms with Gasteiger partial charge in [-0.3, -0.25) is 0 Å². The van der Waals surface area contributed by atoms with Crippen LogP contribution in [-0.4, -0.2) is 18.2 Å². The number of nitrogens with zero attached hydrogens (tertiary/aromatic N) is 1. The molecule has 1 aliphatic carbocycles. The lowest BCUT2D eigenvalue weighted by atomic mass is 9.93. The Bertz CT molecular complexity index is 412. The first kappa shape index (κ1) is 11.8. The maximum Gasteiger partial charge on any atom is 0.235 e. The van der Waals surface area contributed by atoms with Gasteiger partial charge < -0.3 is 4.74 Å². The summed E-state index contributed by atoms with van der Waals surface area (Å²) in [5.41, 5.74) is 0. The topological polar surface area (TPSA) is 38.7 Å². The van der Waals surface area contributed by atoms with E-state index in [0.29, 0.717) is 5.75 Å². The molecule has 1 aliphatic rings. The normalized spacial score (nSPS) is 23.8. The van der Waals surface area contributed by atoms with Gasteiger partial charge in [-0.2, -0.15) is 0 Å². The van der Waals surface area contributed by atoms with Crippen LogP contribution in [0.15, 0.2) is 29.3 Å². The average Bonchev–Trinajstić information content (AvgIpc) is 2.33. The van der Waals surface area contributed by atoms with Crippen LogP contribution in [0.3, 0.4) is 0 Å². The molecule has 1 fully saturated rings. The summed E-state index contributed by atoms with van der Waals surface area (Å²) in [7, 11) is 0. The molecule has 0 bridgehead atoms. The summed E-state index contributed by atoms with van der Waals surface area (Å²) < 4.78 is 18.4. The molecule has 4 heteroatoms.